The minimum absolute atomic E-state index is 0.00258. The Bertz CT molecular complexity index is 882. The first kappa shape index (κ1) is 21.2. The predicted octanol–water partition coefficient (Wildman–Crippen LogP) is 3.64. The summed E-state index contributed by atoms with van der Waals surface area (Å²) in [6.07, 6.45) is -4.51. The van der Waals surface area contributed by atoms with Gasteiger partial charge in [0.25, 0.3) is 11.8 Å². The molecular weight excluding hydrogens is 375 g/mol. The number of benzene rings is 1. The van der Waals surface area contributed by atoms with Crippen molar-refractivity contribution in [3.05, 3.63) is 52.7 Å². The highest BCUT2D eigenvalue weighted by Gasteiger charge is 2.28. The van der Waals surface area contributed by atoms with E-state index in [1.807, 2.05) is 0 Å². The smallest absolute Gasteiger partial charge is 0.405 e. The van der Waals surface area contributed by atoms with E-state index < -0.39 is 24.5 Å². The van der Waals surface area contributed by atoms with Crippen LogP contribution in [0.2, 0.25) is 0 Å². The number of aryl methyl sites for hydroxylation is 2. The Kier molecular flexibility index (Phi) is 6.61. The molecule has 0 atom stereocenters. The number of halogens is 3. The van der Waals surface area contributed by atoms with Gasteiger partial charge >= 0.3 is 6.18 Å². The van der Waals surface area contributed by atoms with Crippen molar-refractivity contribution in [3.63, 3.8) is 0 Å². The Morgan fingerprint density at radius 2 is 1.82 bits per heavy atom. The Balaban J connectivity index is 2.22. The van der Waals surface area contributed by atoms with Gasteiger partial charge in [0, 0.05) is 16.9 Å². The average Bonchev–Trinajstić information content (AvgIpc) is 2.61. The summed E-state index contributed by atoms with van der Waals surface area (Å²) in [5.74, 6) is -1.22. The number of amides is 2. The molecule has 0 aliphatic rings. The molecule has 0 saturated heterocycles. The number of hydrogen-bond acceptors (Lipinski definition) is 4. The molecule has 2 amide bonds. The molecule has 1 aromatic carbocycles. The molecule has 2 rings (SSSR count). The van der Waals surface area contributed by atoms with Crippen molar-refractivity contribution in [2.45, 2.75) is 26.9 Å². The molecule has 0 aliphatic carbocycles. The van der Waals surface area contributed by atoms with Crippen LogP contribution in [0, 0.1) is 13.8 Å². The predicted molar refractivity (Wildman–Crippen MR) is 97.7 cm³/mol. The summed E-state index contributed by atoms with van der Waals surface area (Å²) in [6.45, 7) is 4.11. The van der Waals surface area contributed by atoms with Crippen LogP contribution in [-0.4, -0.2) is 36.1 Å². The zero-order valence-electron chi connectivity index (χ0n) is 15.6. The van der Waals surface area contributed by atoms with Crippen molar-refractivity contribution in [3.8, 4) is 5.88 Å². The van der Waals surface area contributed by atoms with Crippen LogP contribution in [0.3, 0.4) is 0 Å². The zero-order valence-corrected chi connectivity index (χ0v) is 15.6. The average molecular weight is 395 g/mol. The minimum atomic E-state index is -4.51. The highest BCUT2D eigenvalue weighted by molar-refractivity contribution is 6.07. The largest absolute Gasteiger partial charge is 0.477 e. The third-order valence-corrected chi connectivity index (χ3v) is 3.72. The summed E-state index contributed by atoms with van der Waals surface area (Å²) in [4.78, 5) is 28.8. The Labute approximate surface area is 160 Å². The van der Waals surface area contributed by atoms with Crippen molar-refractivity contribution >= 4 is 17.5 Å². The van der Waals surface area contributed by atoms with Gasteiger partial charge in [0.1, 0.15) is 12.1 Å². The fourth-order valence-electron chi connectivity index (χ4n) is 2.32. The van der Waals surface area contributed by atoms with Crippen LogP contribution >= 0.6 is 0 Å². The second-order valence-electron chi connectivity index (χ2n) is 6.02. The van der Waals surface area contributed by atoms with Crippen LogP contribution < -0.4 is 15.4 Å². The van der Waals surface area contributed by atoms with Crippen LogP contribution in [0.1, 0.15) is 38.9 Å². The van der Waals surface area contributed by atoms with Crippen LogP contribution in [0.15, 0.2) is 30.3 Å². The third kappa shape index (κ3) is 5.70. The normalized spacial score (nSPS) is 11.1. The van der Waals surface area contributed by atoms with Gasteiger partial charge in [-0.2, -0.15) is 13.2 Å². The van der Waals surface area contributed by atoms with Crippen molar-refractivity contribution in [1.82, 2.24) is 10.3 Å². The van der Waals surface area contributed by atoms with Gasteiger partial charge < -0.3 is 15.4 Å². The van der Waals surface area contributed by atoms with E-state index in [1.54, 1.807) is 38.2 Å². The van der Waals surface area contributed by atoms with E-state index in [2.05, 4.69) is 10.3 Å². The lowest BCUT2D eigenvalue weighted by atomic mass is 10.1. The number of aromatic nitrogens is 1. The zero-order chi connectivity index (χ0) is 20.9. The van der Waals surface area contributed by atoms with E-state index in [-0.39, 0.29) is 17.0 Å². The quantitative estimate of drug-likeness (QED) is 0.783. The van der Waals surface area contributed by atoms with Gasteiger partial charge in [0.2, 0.25) is 5.88 Å². The molecule has 0 aliphatic heterocycles. The molecule has 1 heterocycles. The summed E-state index contributed by atoms with van der Waals surface area (Å²) in [6, 6.07) is 7.47. The molecule has 0 unspecified atom stereocenters. The first-order valence-electron chi connectivity index (χ1n) is 8.48. The number of hydrogen-bond donors (Lipinski definition) is 2. The lowest BCUT2D eigenvalue weighted by molar-refractivity contribution is -0.123. The van der Waals surface area contributed by atoms with Crippen molar-refractivity contribution in [2.24, 2.45) is 0 Å². The van der Waals surface area contributed by atoms with Crippen LogP contribution in [0.5, 0.6) is 5.88 Å². The topological polar surface area (TPSA) is 80.3 Å². The van der Waals surface area contributed by atoms with Crippen molar-refractivity contribution in [1.29, 1.82) is 0 Å². The van der Waals surface area contributed by atoms with E-state index in [9.17, 15) is 22.8 Å². The fourth-order valence-corrected chi connectivity index (χ4v) is 2.32. The number of carbonyl (C=O) groups excluding carboxylic acids is 2. The van der Waals surface area contributed by atoms with E-state index in [4.69, 9.17) is 4.74 Å². The number of pyridine rings is 1. The number of anilines is 1. The fraction of sp³-hybridized carbons (Fsp3) is 0.316. The molecule has 2 aromatic rings. The number of nitrogens with zero attached hydrogens (tertiary/aromatic N) is 1. The van der Waals surface area contributed by atoms with Crippen LogP contribution in [-0.2, 0) is 0 Å². The van der Waals surface area contributed by atoms with Crippen molar-refractivity contribution in [2.75, 3.05) is 18.5 Å². The summed E-state index contributed by atoms with van der Waals surface area (Å²) in [7, 11) is 0. The summed E-state index contributed by atoms with van der Waals surface area (Å²) < 4.78 is 42.2. The molecular formula is C19H20F3N3O3. The number of nitrogens with one attached hydrogen (secondary N) is 2. The first-order chi connectivity index (χ1) is 13.1. The molecule has 0 saturated carbocycles. The van der Waals surface area contributed by atoms with Gasteiger partial charge in [-0.3, -0.25) is 9.59 Å². The second-order valence-corrected chi connectivity index (χ2v) is 6.02. The molecule has 1 aromatic heterocycles. The van der Waals surface area contributed by atoms with Gasteiger partial charge in [-0.1, -0.05) is 6.07 Å². The molecule has 6 nitrogen and oxygen atoms in total. The molecule has 2 N–H and O–H groups in total. The van der Waals surface area contributed by atoms with Crippen LogP contribution in [0.25, 0.3) is 0 Å². The first-order valence-corrected chi connectivity index (χ1v) is 8.48. The maximum Gasteiger partial charge on any atom is 0.405 e. The number of ether oxygens (including phenoxy) is 1. The van der Waals surface area contributed by atoms with Gasteiger partial charge in [0.05, 0.1) is 6.61 Å². The SMILES string of the molecule is CCOc1nc(C)ccc1C(=O)Nc1cc(C(=O)NCC(F)(F)F)ccc1C. The van der Waals surface area contributed by atoms with Crippen LogP contribution in [0.4, 0.5) is 18.9 Å². The Hall–Kier alpha value is -3.10. The van der Waals surface area contributed by atoms with Gasteiger partial charge in [-0.05, 0) is 50.6 Å². The molecule has 28 heavy (non-hydrogen) atoms. The standard InChI is InChI=1S/C19H20F3N3O3/c1-4-28-18-14(8-6-12(3)24-18)17(27)25-15-9-13(7-5-11(15)2)16(26)23-10-19(20,21)22/h5-9H,4,10H2,1-3H3,(H,23,26)(H,25,27). The Morgan fingerprint density at radius 3 is 2.46 bits per heavy atom. The maximum atomic E-state index is 12.6. The van der Waals surface area contributed by atoms with Gasteiger partial charge in [-0.25, -0.2) is 4.98 Å². The Morgan fingerprint density at radius 1 is 1.11 bits per heavy atom. The van der Waals surface area contributed by atoms with Gasteiger partial charge in [0.15, 0.2) is 0 Å². The second kappa shape index (κ2) is 8.73. The van der Waals surface area contributed by atoms with E-state index in [0.29, 0.717) is 23.6 Å². The van der Waals surface area contributed by atoms with E-state index >= 15 is 0 Å². The van der Waals surface area contributed by atoms with Gasteiger partial charge in [-0.15, -0.1) is 0 Å². The molecule has 9 heteroatoms. The van der Waals surface area contributed by atoms with E-state index in [0.717, 1.165) is 0 Å². The monoisotopic (exact) mass is 395 g/mol. The number of rotatable bonds is 6. The minimum Gasteiger partial charge on any atom is -0.477 e. The van der Waals surface area contributed by atoms with Crippen molar-refractivity contribution < 1.29 is 27.5 Å². The lowest BCUT2D eigenvalue weighted by Crippen LogP contribution is -2.33. The highest BCUT2D eigenvalue weighted by Crippen LogP contribution is 2.22. The molecule has 0 bridgehead atoms. The lowest BCUT2D eigenvalue weighted by Gasteiger charge is -2.13. The highest BCUT2D eigenvalue weighted by atomic mass is 19.4. The molecule has 0 spiro atoms. The number of alkyl halides is 3. The maximum absolute atomic E-state index is 12.6. The third-order valence-electron chi connectivity index (χ3n) is 3.72. The molecule has 0 radical (unpaired) electrons. The summed E-state index contributed by atoms with van der Waals surface area (Å²) in [5.41, 5.74) is 1.82. The number of carbonyl (C=O) groups is 2. The summed E-state index contributed by atoms with van der Waals surface area (Å²) >= 11 is 0. The molecule has 0 fully saturated rings. The summed E-state index contributed by atoms with van der Waals surface area (Å²) in [5, 5.41) is 4.45. The van der Waals surface area contributed by atoms with E-state index in [1.165, 1.54) is 18.2 Å². The molecule has 150 valence electrons.